The number of amides is 2. The van der Waals surface area contributed by atoms with Crippen molar-refractivity contribution in [3.63, 3.8) is 0 Å². The molecule has 0 aliphatic carbocycles. The number of benzene rings is 2. The lowest BCUT2D eigenvalue weighted by Gasteiger charge is -2.18. The van der Waals surface area contributed by atoms with Crippen LogP contribution in [-0.4, -0.2) is 37.3 Å². The molecule has 0 fully saturated rings. The van der Waals surface area contributed by atoms with Crippen molar-refractivity contribution >= 4 is 23.6 Å². The monoisotopic (exact) mass is 383 g/mol. The lowest BCUT2D eigenvalue weighted by Crippen LogP contribution is -2.48. The molecule has 0 saturated carbocycles. The number of nitrogens with one attached hydrogen (secondary N) is 2. The first-order valence-electron chi connectivity index (χ1n) is 8.35. The third-order valence-electron chi connectivity index (χ3n) is 3.69. The molecule has 27 heavy (non-hydrogen) atoms. The average molecular weight is 383 g/mol. The molecule has 1 atom stereocenters. The highest BCUT2D eigenvalue weighted by atomic mass is 32.2. The van der Waals surface area contributed by atoms with Crippen LogP contribution in [0.2, 0.25) is 0 Å². The second kappa shape index (κ2) is 10.9. The smallest absolute Gasteiger partial charge is 0.252 e. The van der Waals surface area contributed by atoms with Gasteiger partial charge in [-0.15, -0.1) is 0 Å². The Morgan fingerprint density at radius 1 is 1.19 bits per heavy atom. The number of rotatable bonds is 9. The highest BCUT2D eigenvalue weighted by Crippen LogP contribution is 2.15. The molecule has 0 bridgehead atoms. The van der Waals surface area contributed by atoms with Crippen molar-refractivity contribution in [3.05, 3.63) is 65.7 Å². The molecule has 2 amide bonds. The van der Waals surface area contributed by atoms with E-state index < -0.39 is 6.04 Å². The van der Waals surface area contributed by atoms with Gasteiger partial charge in [0.2, 0.25) is 5.91 Å². The Balaban J connectivity index is 2.01. The fourth-order valence-electron chi connectivity index (χ4n) is 2.31. The lowest BCUT2D eigenvalue weighted by molar-refractivity contribution is -0.122. The number of nitriles is 1. The van der Waals surface area contributed by atoms with Crippen LogP contribution in [0.1, 0.15) is 15.9 Å². The minimum absolute atomic E-state index is 0.103. The zero-order valence-electron chi connectivity index (χ0n) is 15.0. The zero-order chi connectivity index (χ0) is 19.5. The molecule has 7 heteroatoms. The van der Waals surface area contributed by atoms with Crippen LogP contribution in [0.5, 0.6) is 5.75 Å². The summed E-state index contributed by atoms with van der Waals surface area (Å²) < 4.78 is 5.13. The second-order valence-corrected chi connectivity index (χ2v) is 6.66. The van der Waals surface area contributed by atoms with Crippen LogP contribution in [0.15, 0.2) is 54.6 Å². The first-order valence-corrected chi connectivity index (χ1v) is 9.50. The maximum absolute atomic E-state index is 12.5. The Hall–Kier alpha value is -2.98. The van der Waals surface area contributed by atoms with Crippen LogP contribution in [-0.2, 0) is 10.5 Å². The molecule has 0 unspecified atom stereocenters. The van der Waals surface area contributed by atoms with Crippen molar-refractivity contribution in [1.29, 1.82) is 5.26 Å². The minimum Gasteiger partial charge on any atom is -0.497 e. The van der Waals surface area contributed by atoms with Gasteiger partial charge in [-0.2, -0.15) is 17.0 Å². The van der Waals surface area contributed by atoms with Gasteiger partial charge in [0, 0.05) is 17.1 Å². The number of methoxy groups -OCH3 is 1. The molecule has 6 nitrogen and oxygen atoms in total. The van der Waals surface area contributed by atoms with E-state index in [2.05, 4.69) is 10.6 Å². The standard InChI is InChI=1S/C20H21N3O3S/c1-26-17-9-5-8-16(12-17)19(24)23-18(20(25)22-11-10-21)14-27-13-15-6-3-2-4-7-15/h2-9,12,18H,11,13-14H2,1H3,(H,22,25)(H,23,24)/t18-/m0/s1. The molecule has 0 aromatic heterocycles. The number of nitrogens with zero attached hydrogens (tertiary/aromatic N) is 1. The molecular weight excluding hydrogens is 362 g/mol. The van der Waals surface area contributed by atoms with E-state index in [-0.39, 0.29) is 18.4 Å². The Labute approximate surface area is 162 Å². The Kier molecular flexibility index (Phi) is 8.20. The third kappa shape index (κ3) is 6.68. The number of ether oxygens (including phenoxy) is 1. The maximum Gasteiger partial charge on any atom is 0.252 e. The van der Waals surface area contributed by atoms with Gasteiger partial charge in [-0.05, 0) is 23.8 Å². The van der Waals surface area contributed by atoms with Gasteiger partial charge in [-0.3, -0.25) is 9.59 Å². The Bertz CT molecular complexity index is 806. The molecule has 2 N–H and O–H groups in total. The van der Waals surface area contributed by atoms with Crippen LogP contribution >= 0.6 is 11.8 Å². The molecule has 0 aliphatic heterocycles. The van der Waals surface area contributed by atoms with Crippen LogP contribution < -0.4 is 15.4 Å². The number of hydrogen-bond donors (Lipinski definition) is 2. The third-order valence-corrected chi connectivity index (χ3v) is 4.80. The van der Waals surface area contributed by atoms with Crippen molar-refractivity contribution in [1.82, 2.24) is 10.6 Å². The van der Waals surface area contributed by atoms with E-state index in [0.29, 0.717) is 17.1 Å². The molecule has 2 aromatic carbocycles. The number of carbonyl (C=O) groups excluding carboxylic acids is 2. The number of thioether (sulfide) groups is 1. The number of hydrogen-bond acceptors (Lipinski definition) is 5. The highest BCUT2D eigenvalue weighted by Gasteiger charge is 2.21. The van der Waals surface area contributed by atoms with Gasteiger partial charge in [0.15, 0.2) is 0 Å². The first kappa shape index (κ1) is 20.3. The van der Waals surface area contributed by atoms with Gasteiger partial charge in [0.25, 0.3) is 5.91 Å². The van der Waals surface area contributed by atoms with Gasteiger partial charge >= 0.3 is 0 Å². The van der Waals surface area contributed by atoms with Crippen molar-refractivity contribution in [2.75, 3.05) is 19.4 Å². The summed E-state index contributed by atoms with van der Waals surface area (Å²) in [5.41, 5.74) is 1.54. The van der Waals surface area contributed by atoms with Crippen molar-refractivity contribution in [2.24, 2.45) is 0 Å². The van der Waals surface area contributed by atoms with E-state index in [4.69, 9.17) is 10.00 Å². The van der Waals surface area contributed by atoms with Gasteiger partial charge in [0.05, 0.1) is 13.2 Å². The van der Waals surface area contributed by atoms with Crippen LogP contribution in [0.4, 0.5) is 0 Å². The molecule has 2 aromatic rings. The van der Waals surface area contributed by atoms with Crippen molar-refractivity contribution in [3.8, 4) is 11.8 Å². The van der Waals surface area contributed by atoms with E-state index in [9.17, 15) is 9.59 Å². The molecular formula is C20H21N3O3S. The molecule has 140 valence electrons. The summed E-state index contributed by atoms with van der Waals surface area (Å²) in [7, 11) is 1.52. The summed E-state index contributed by atoms with van der Waals surface area (Å²) in [4.78, 5) is 24.8. The zero-order valence-corrected chi connectivity index (χ0v) is 15.8. The van der Waals surface area contributed by atoms with Gasteiger partial charge in [-0.1, -0.05) is 36.4 Å². The second-order valence-electron chi connectivity index (χ2n) is 5.63. The minimum atomic E-state index is -0.745. The van der Waals surface area contributed by atoms with E-state index in [1.165, 1.54) is 18.9 Å². The van der Waals surface area contributed by atoms with E-state index in [0.717, 1.165) is 11.3 Å². The predicted molar refractivity (Wildman–Crippen MR) is 105 cm³/mol. The normalized spacial score (nSPS) is 11.1. The molecule has 0 saturated heterocycles. The Morgan fingerprint density at radius 3 is 2.67 bits per heavy atom. The van der Waals surface area contributed by atoms with Gasteiger partial charge < -0.3 is 15.4 Å². The SMILES string of the molecule is COc1cccc(C(=O)N[C@@H](CSCc2ccccc2)C(=O)NCC#N)c1. The van der Waals surface area contributed by atoms with E-state index >= 15 is 0 Å². The quantitative estimate of drug-likeness (QED) is 0.649. The number of carbonyl (C=O) groups is 2. The summed E-state index contributed by atoms with van der Waals surface area (Å²) in [5, 5.41) is 13.9. The topological polar surface area (TPSA) is 91.2 Å². The fourth-order valence-corrected chi connectivity index (χ4v) is 3.32. The van der Waals surface area contributed by atoms with Crippen molar-refractivity contribution < 1.29 is 14.3 Å². The van der Waals surface area contributed by atoms with Gasteiger partial charge in [0.1, 0.15) is 18.3 Å². The predicted octanol–water partition coefficient (Wildman–Crippen LogP) is 2.37. The largest absolute Gasteiger partial charge is 0.497 e. The summed E-state index contributed by atoms with van der Waals surface area (Å²) >= 11 is 1.54. The van der Waals surface area contributed by atoms with Gasteiger partial charge in [-0.25, -0.2) is 0 Å². The average Bonchev–Trinajstić information content (AvgIpc) is 2.72. The Morgan fingerprint density at radius 2 is 1.96 bits per heavy atom. The van der Waals surface area contributed by atoms with Crippen molar-refractivity contribution in [2.45, 2.75) is 11.8 Å². The van der Waals surface area contributed by atoms with E-state index in [1.807, 2.05) is 36.4 Å². The molecule has 2 rings (SSSR count). The van der Waals surface area contributed by atoms with Crippen LogP contribution in [0, 0.1) is 11.3 Å². The van der Waals surface area contributed by atoms with Crippen LogP contribution in [0.3, 0.4) is 0 Å². The van der Waals surface area contributed by atoms with Crippen LogP contribution in [0.25, 0.3) is 0 Å². The maximum atomic E-state index is 12.5. The first-order chi connectivity index (χ1) is 13.1. The highest BCUT2D eigenvalue weighted by molar-refractivity contribution is 7.98. The molecule has 0 radical (unpaired) electrons. The summed E-state index contributed by atoms with van der Waals surface area (Å²) in [6.07, 6.45) is 0. The summed E-state index contributed by atoms with van der Waals surface area (Å²) in [6.45, 7) is -0.103. The fraction of sp³-hybridized carbons (Fsp3) is 0.250. The molecule has 0 spiro atoms. The molecule has 0 aliphatic rings. The lowest BCUT2D eigenvalue weighted by atomic mass is 10.2. The summed E-state index contributed by atoms with van der Waals surface area (Å²) in [6, 6.07) is 17.7. The summed E-state index contributed by atoms with van der Waals surface area (Å²) in [5.74, 6) is 0.922. The molecule has 0 heterocycles. The van der Waals surface area contributed by atoms with E-state index in [1.54, 1.807) is 24.3 Å².